The molecule has 0 atom stereocenters. The minimum Gasteiger partial charge on any atom is -0.493 e. The topological polar surface area (TPSA) is 47.6 Å². The number of anilines is 1. The second-order valence-corrected chi connectivity index (χ2v) is 3.71. The van der Waals surface area contributed by atoms with E-state index < -0.39 is 0 Å². The predicted molar refractivity (Wildman–Crippen MR) is 61.6 cm³/mol. The summed E-state index contributed by atoms with van der Waals surface area (Å²) in [6.45, 7) is 0.814. The fourth-order valence-electron chi connectivity index (χ4n) is 1.86. The van der Waals surface area contributed by atoms with Crippen LogP contribution in [0.25, 0.3) is 0 Å². The number of hydrogen-bond acceptors (Lipinski definition) is 4. The number of rotatable bonds is 2. The molecule has 4 nitrogen and oxygen atoms in total. The van der Waals surface area contributed by atoms with Crippen molar-refractivity contribution in [2.24, 2.45) is 0 Å². The summed E-state index contributed by atoms with van der Waals surface area (Å²) < 4.78 is 10.4. The molecule has 1 aliphatic rings. The van der Waals surface area contributed by atoms with Gasteiger partial charge in [0.25, 0.3) is 0 Å². The number of hydrogen-bond donors (Lipinski definition) is 1. The van der Waals surface area contributed by atoms with Crippen LogP contribution in [-0.4, -0.2) is 26.5 Å². The molecule has 1 aromatic rings. The van der Waals surface area contributed by atoms with Crippen LogP contribution in [0.3, 0.4) is 0 Å². The zero-order chi connectivity index (χ0) is 11.5. The SMILES string of the molecule is COc1cc2c(cc1OC)C(=O)CCCN2. The first kappa shape index (κ1) is 10.8. The Morgan fingerprint density at radius 1 is 1.19 bits per heavy atom. The summed E-state index contributed by atoms with van der Waals surface area (Å²) in [4.78, 5) is 11.8. The van der Waals surface area contributed by atoms with Gasteiger partial charge in [-0.2, -0.15) is 0 Å². The fourth-order valence-corrected chi connectivity index (χ4v) is 1.86. The lowest BCUT2D eigenvalue weighted by Gasteiger charge is -2.12. The van der Waals surface area contributed by atoms with Crippen molar-refractivity contribution in [3.63, 3.8) is 0 Å². The van der Waals surface area contributed by atoms with E-state index in [1.807, 2.05) is 6.07 Å². The van der Waals surface area contributed by atoms with Gasteiger partial charge >= 0.3 is 0 Å². The molecule has 86 valence electrons. The molecule has 0 spiro atoms. The summed E-state index contributed by atoms with van der Waals surface area (Å²) in [5, 5.41) is 3.23. The zero-order valence-corrected chi connectivity index (χ0v) is 9.50. The summed E-state index contributed by atoms with van der Waals surface area (Å²) in [7, 11) is 3.15. The van der Waals surface area contributed by atoms with E-state index >= 15 is 0 Å². The number of methoxy groups -OCH3 is 2. The number of carbonyl (C=O) groups is 1. The third-order valence-corrected chi connectivity index (χ3v) is 2.72. The first-order chi connectivity index (χ1) is 7.76. The zero-order valence-electron chi connectivity index (χ0n) is 9.50. The van der Waals surface area contributed by atoms with Gasteiger partial charge in [0.05, 0.1) is 14.2 Å². The van der Waals surface area contributed by atoms with Crippen LogP contribution in [0.5, 0.6) is 11.5 Å². The van der Waals surface area contributed by atoms with Crippen molar-refractivity contribution in [3.8, 4) is 11.5 Å². The van der Waals surface area contributed by atoms with E-state index in [0.717, 1.165) is 18.7 Å². The van der Waals surface area contributed by atoms with Crippen molar-refractivity contribution in [1.82, 2.24) is 0 Å². The third kappa shape index (κ3) is 1.83. The Morgan fingerprint density at radius 3 is 2.56 bits per heavy atom. The lowest BCUT2D eigenvalue weighted by atomic mass is 10.1. The Kier molecular flexibility index (Phi) is 2.99. The Morgan fingerprint density at radius 2 is 1.88 bits per heavy atom. The maximum Gasteiger partial charge on any atom is 0.165 e. The summed E-state index contributed by atoms with van der Waals surface area (Å²) in [6.07, 6.45) is 1.44. The van der Waals surface area contributed by atoms with Gasteiger partial charge in [0.1, 0.15) is 0 Å². The van der Waals surface area contributed by atoms with Crippen LogP contribution in [0.4, 0.5) is 5.69 Å². The van der Waals surface area contributed by atoms with Gasteiger partial charge in [0.2, 0.25) is 0 Å². The molecule has 0 fully saturated rings. The number of ether oxygens (including phenoxy) is 2. The number of nitrogens with one attached hydrogen (secondary N) is 1. The standard InChI is InChI=1S/C12H15NO3/c1-15-11-6-8-9(7-12(11)16-2)13-5-3-4-10(8)14/h6-7,13H,3-5H2,1-2H3. The van der Waals surface area contributed by atoms with E-state index in [4.69, 9.17) is 9.47 Å². The molecular formula is C12H15NO3. The molecular weight excluding hydrogens is 206 g/mol. The highest BCUT2D eigenvalue weighted by atomic mass is 16.5. The number of fused-ring (bicyclic) bond motifs is 1. The van der Waals surface area contributed by atoms with E-state index in [-0.39, 0.29) is 5.78 Å². The molecule has 1 aliphatic heterocycles. The largest absolute Gasteiger partial charge is 0.493 e. The van der Waals surface area contributed by atoms with Gasteiger partial charge < -0.3 is 14.8 Å². The van der Waals surface area contributed by atoms with Gasteiger partial charge in [-0.3, -0.25) is 4.79 Å². The van der Waals surface area contributed by atoms with Gasteiger partial charge in [0, 0.05) is 30.3 Å². The highest BCUT2D eigenvalue weighted by Gasteiger charge is 2.18. The monoisotopic (exact) mass is 221 g/mol. The average molecular weight is 221 g/mol. The fraction of sp³-hybridized carbons (Fsp3) is 0.417. The molecule has 0 radical (unpaired) electrons. The molecule has 0 aromatic heterocycles. The van der Waals surface area contributed by atoms with Crippen molar-refractivity contribution in [1.29, 1.82) is 0 Å². The lowest BCUT2D eigenvalue weighted by Crippen LogP contribution is -2.02. The van der Waals surface area contributed by atoms with Crippen LogP contribution < -0.4 is 14.8 Å². The normalized spacial score (nSPS) is 14.8. The molecule has 0 saturated carbocycles. The van der Waals surface area contributed by atoms with Crippen LogP contribution in [0.1, 0.15) is 23.2 Å². The van der Waals surface area contributed by atoms with E-state index in [1.165, 1.54) is 0 Å². The number of carbonyl (C=O) groups excluding carboxylic acids is 1. The van der Waals surface area contributed by atoms with Gasteiger partial charge in [0.15, 0.2) is 17.3 Å². The van der Waals surface area contributed by atoms with Crippen molar-refractivity contribution >= 4 is 11.5 Å². The molecule has 1 N–H and O–H groups in total. The Labute approximate surface area is 94.6 Å². The van der Waals surface area contributed by atoms with Gasteiger partial charge in [-0.05, 0) is 12.5 Å². The minimum absolute atomic E-state index is 0.154. The summed E-state index contributed by atoms with van der Waals surface area (Å²) in [5.41, 5.74) is 1.52. The molecule has 2 rings (SSSR count). The second kappa shape index (κ2) is 4.43. The quantitative estimate of drug-likeness (QED) is 0.830. The molecule has 0 saturated heterocycles. The highest BCUT2D eigenvalue weighted by molar-refractivity contribution is 6.02. The molecule has 1 aromatic carbocycles. The van der Waals surface area contributed by atoms with Crippen LogP contribution in [-0.2, 0) is 0 Å². The van der Waals surface area contributed by atoms with Gasteiger partial charge in [-0.15, -0.1) is 0 Å². The van der Waals surface area contributed by atoms with Gasteiger partial charge in [-0.1, -0.05) is 0 Å². The molecule has 0 amide bonds. The Hall–Kier alpha value is -1.71. The summed E-state index contributed by atoms with van der Waals surface area (Å²) in [5.74, 6) is 1.39. The molecule has 0 aliphatic carbocycles. The second-order valence-electron chi connectivity index (χ2n) is 3.71. The first-order valence-corrected chi connectivity index (χ1v) is 5.29. The van der Waals surface area contributed by atoms with Crippen LogP contribution >= 0.6 is 0 Å². The van der Waals surface area contributed by atoms with Crippen LogP contribution in [0.15, 0.2) is 12.1 Å². The van der Waals surface area contributed by atoms with Crippen molar-refractivity contribution in [2.75, 3.05) is 26.1 Å². The molecule has 4 heteroatoms. The highest BCUT2D eigenvalue weighted by Crippen LogP contribution is 2.34. The third-order valence-electron chi connectivity index (χ3n) is 2.72. The van der Waals surface area contributed by atoms with Crippen molar-refractivity contribution in [2.45, 2.75) is 12.8 Å². The van der Waals surface area contributed by atoms with E-state index in [0.29, 0.717) is 23.5 Å². The summed E-state index contributed by atoms with van der Waals surface area (Å²) >= 11 is 0. The first-order valence-electron chi connectivity index (χ1n) is 5.29. The molecule has 16 heavy (non-hydrogen) atoms. The predicted octanol–water partition coefficient (Wildman–Crippen LogP) is 2.09. The minimum atomic E-state index is 0.154. The van der Waals surface area contributed by atoms with Gasteiger partial charge in [-0.25, -0.2) is 0 Å². The Balaban J connectivity index is 2.51. The smallest absolute Gasteiger partial charge is 0.165 e. The van der Waals surface area contributed by atoms with E-state index in [2.05, 4.69) is 5.32 Å². The molecule has 0 bridgehead atoms. The number of benzene rings is 1. The molecule has 0 unspecified atom stereocenters. The van der Waals surface area contributed by atoms with Crippen LogP contribution in [0.2, 0.25) is 0 Å². The Bertz CT molecular complexity index is 415. The van der Waals surface area contributed by atoms with E-state index in [1.54, 1.807) is 20.3 Å². The maximum absolute atomic E-state index is 11.8. The van der Waals surface area contributed by atoms with Crippen molar-refractivity contribution in [3.05, 3.63) is 17.7 Å². The lowest BCUT2D eigenvalue weighted by molar-refractivity contribution is 0.0983. The van der Waals surface area contributed by atoms with Crippen LogP contribution in [0, 0.1) is 0 Å². The maximum atomic E-state index is 11.8. The molecule has 1 heterocycles. The average Bonchev–Trinajstić information content (AvgIpc) is 2.49. The van der Waals surface area contributed by atoms with Crippen molar-refractivity contribution < 1.29 is 14.3 Å². The number of Topliss-reactive ketones (excluding diaryl/α,β-unsaturated/α-hetero) is 1. The summed E-state index contributed by atoms with van der Waals surface area (Å²) in [6, 6.07) is 3.56. The number of ketones is 1. The van der Waals surface area contributed by atoms with E-state index in [9.17, 15) is 4.79 Å².